The summed E-state index contributed by atoms with van der Waals surface area (Å²) < 4.78 is 34.7. The molecule has 1 aliphatic rings. The number of hydrogen-bond acceptors (Lipinski definition) is 7. The van der Waals surface area contributed by atoms with E-state index < -0.39 is 16.9 Å². The first-order valence-corrected chi connectivity index (χ1v) is 10.9. The van der Waals surface area contributed by atoms with E-state index >= 15 is 0 Å². The van der Waals surface area contributed by atoms with Gasteiger partial charge in [0.05, 0.1) is 18.6 Å². The van der Waals surface area contributed by atoms with Crippen molar-refractivity contribution in [2.45, 2.75) is 58.1 Å². The zero-order valence-corrected chi connectivity index (χ0v) is 20.0. The summed E-state index contributed by atoms with van der Waals surface area (Å²) in [6, 6.07) is 7.81. The maximum Gasteiger partial charge on any atom is 0.300 e. The summed E-state index contributed by atoms with van der Waals surface area (Å²) in [6.45, 7) is 9.75. The van der Waals surface area contributed by atoms with Gasteiger partial charge in [0.15, 0.2) is 5.82 Å². The molecule has 0 spiro atoms. The standard InChI is InChI=1S/C25H29F2N5O2/c1-15-20(29-14-30-21(15)32-22(34-6)16(2)24(13-28)10-11-24)31-17(3)18-8-7-9-19(12-18)25(26,27)23(4,5)33/h7-9,12,14,17,33H,2,10-11H2,1,3-6H3,(H,29,30,31)/t17-/m1/s1. The van der Waals surface area contributed by atoms with Crippen molar-refractivity contribution in [3.8, 4) is 6.07 Å². The van der Waals surface area contributed by atoms with Gasteiger partial charge in [-0.1, -0.05) is 24.8 Å². The maximum atomic E-state index is 14.6. The lowest BCUT2D eigenvalue weighted by Crippen LogP contribution is -2.40. The number of alkyl halides is 2. The molecule has 2 aromatic rings. The average molecular weight is 470 g/mol. The minimum Gasteiger partial charge on any atom is -0.481 e. The van der Waals surface area contributed by atoms with Crippen LogP contribution >= 0.6 is 0 Å². The molecule has 1 aliphatic carbocycles. The first-order valence-electron chi connectivity index (χ1n) is 10.9. The normalized spacial score (nSPS) is 16.4. The molecule has 7 nitrogen and oxygen atoms in total. The smallest absolute Gasteiger partial charge is 0.300 e. The van der Waals surface area contributed by atoms with E-state index in [4.69, 9.17) is 4.74 Å². The number of rotatable bonds is 8. The molecule has 180 valence electrons. The average Bonchev–Trinajstić information content (AvgIpc) is 3.60. The predicted octanol–water partition coefficient (Wildman–Crippen LogP) is 5.36. The van der Waals surface area contributed by atoms with Gasteiger partial charge in [0, 0.05) is 22.7 Å². The van der Waals surface area contributed by atoms with E-state index in [1.165, 1.54) is 31.6 Å². The molecule has 0 bridgehead atoms. The van der Waals surface area contributed by atoms with Crippen molar-refractivity contribution in [2.24, 2.45) is 10.4 Å². The van der Waals surface area contributed by atoms with E-state index in [1.54, 1.807) is 13.0 Å². The van der Waals surface area contributed by atoms with E-state index in [0.29, 0.717) is 41.2 Å². The van der Waals surface area contributed by atoms with Crippen LogP contribution in [-0.4, -0.2) is 33.7 Å². The van der Waals surface area contributed by atoms with Crippen molar-refractivity contribution < 1.29 is 18.6 Å². The molecular formula is C25H29F2N5O2. The van der Waals surface area contributed by atoms with Gasteiger partial charge in [0.1, 0.15) is 17.7 Å². The number of nitrogens with zero attached hydrogens (tertiary/aromatic N) is 4. The Kier molecular flexibility index (Phi) is 6.76. The van der Waals surface area contributed by atoms with Crippen LogP contribution in [0.25, 0.3) is 0 Å². The number of methoxy groups -OCH3 is 1. The second-order valence-electron chi connectivity index (χ2n) is 9.09. The van der Waals surface area contributed by atoms with Gasteiger partial charge in [-0.2, -0.15) is 19.0 Å². The topological polar surface area (TPSA) is 103 Å². The van der Waals surface area contributed by atoms with Crippen LogP contribution in [0.3, 0.4) is 0 Å². The van der Waals surface area contributed by atoms with E-state index in [-0.39, 0.29) is 17.5 Å². The molecule has 9 heteroatoms. The van der Waals surface area contributed by atoms with Gasteiger partial charge in [0.2, 0.25) is 5.90 Å². The number of aliphatic hydroxyl groups is 1. The first kappa shape index (κ1) is 25.2. The number of aromatic nitrogens is 2. The van der Waals surface area contributed by atoms with Crippen molar-refractivity contribution in [1.29, 1.82) is 5.26 Å². The lowest BCUT2D eigenvalue weighted by atomic mass is 9.91. The zero-order valence-electron chi connectivity index (χ0n) is 20.0. The van der Waals surface area contributed by atoms with E-state index in [2.05, 4.69) is 32.9 Å². The Labute approximate surface area is 198 Å². The van der Waals surface area contributed by atoms with Gasteiger partial charge >= 0.3 is 5.92 Å². The van der Waals surface area contributed by atoms with Crippen LogP contribution in [-0.2, 0) is 10.7 Å². The Hall–Kier alpha value is -3.38. The number of halogens is 2. The molecule has 34 heavy (non-hydrogen) atoms. The minimum atomic E-state index is -3.42. The van der Waals surface area contributed by atoms with Crippen LogP contribution in [0.2, 0.25) is 0 Å². The predicted molar refractivity (Wildman–Crippen MR) is 126 cm³/mol. The monoisotopic (exact) mass is 469 g/mol. The molecule has 1 aromatic carbocycles. The molecule has 1 fully saturated rings. The molecule has 1 atom stereocenters. The number of anilines is 1. The molecule has 3 rings (SSSR count). The second kappa shape index (κ2) is 9.11. The highest BCUT2D eigenvalue weighted by Gasteiger charge is 2.48. The summed E-state index contributed by atoms with van der Waals surface area (Å²) in [4.78, 5) is 13.0. The number of ether oxygens (including phenoxy) is 1. The van der Waals surface area contributed by atoms with Crippen LogP contribution in [0.15, 0.2) is 47.7 Å². The lowest BCUT2D eigenvalue weighted by Gasteiger charge is -2.30. The van der Waals surface area contributed by atoms with Crippen molar-refractivity contribution in [2.75, 3.05) is 12.4 Å². The number of nitriles is 1. The van der Waals surface area contributed by atoms with Gasteiger partial charge in [-0.15, -0.1) is 0 Å². The van der Waals surface area contributed by atoms with Crippen LogP contribution in [0.1, 0.15) is 56.3 Å². The third kappa shape index (κ3) is 4.77. The van der Waals surface area contributed by atoms with Gasteiger partial charge in [0.25, 0.3) is 0 Å². The third-order valence-electron chi connectivity index (χ3n) is 6.13. The fraction of sp³-hybridized carbons (Fsp3) is 0.440. The number of aliphatic imine (C=N–C) groups is 1. The Bertz CT molecular complexity index is 1160. The van der Waals surface area contributed by atoms with Gasteiger partial charge in [-0.3, -0.25) is 0 Å². The van der Waals surface area contributed by atoms with E-state index in [0.717, 1.165) is 13.8 Å². The Morgan fingerprint density at radius 1 is 1.35 bits per heavy atom. The molecule has 0 unspecified atom stereocenters. The Morgan fingerprint density at radius 2 is 2.03 bits per heavy atom. The SMILES string of the molecule is C=C(C(=Nc1ncnc(N[C@H](C)c2cccc(C(F)(F)C(C)(C)O)c2)c1C)OC)C1(C#N)CC1. The molecular weight excluding hydrogens is 440 g/mol. The second-order valence-corrected chi connectivity index (χ2v) is 9.09. The molecule has 1 aromatic heterocycles. The number of hydrogen-bond donors (Lipinski definition) is 2. The summed E-state index contributed by atoms with van der Waals surface area (Å²) in [7, 11) is 1.46. The van der Waals surface area contributed by atoms with Gasteiger partial charge in [-0.05, 0) is 52.2 Å². The number of benzene rings is 1. The van der Waals surface area contributed by atoms with Crippen LogP contribution in [0, 0.1) is 23.7 Å². The summed E-state index contributed by atoms with van der Waals surface area (Å²) in [5.41, 5.74) is -1.38. The van der Waals surface area contributed by atoms with E-state index in [9.17, 15) is 19.1 Å². The van der Waals surface area contributed by atoms with Gasteiger partial charge < -0.3 is 15.2 Å². The highest BCUT2D eigenvalue weighted by atomic mass is 19.3. The largest absolute Gasteiger partial charge is 0.481 e. The molecule has 0 radical (unpaired) electrons. The lowest BCUT2D eigenvalue weighted by molar-refractivity contribution is -0.168. The molecule has 0 amide bonds. The van der Waals surface area contributed by atoms with E-state index in [1.807, 2.05) is 6.92 Å². The highest BCUT2D eigenvalue weighted by molar-refractivity contribution is 5.97. The van der Waals surface area contributed by atoms with Crippen molar-refractivity contribution in [3.63, 3.8) is 0 Å². The number of nitrogens with one attached hydrogen (secondary N) is 1. The summed E-state index contributed by atoms with van der Waals surface area (Å²) in [5.74, 6) is -2.36. The Balaban J connectivity index is 1.87. The van der Waals surface area contributed by atoms with Crippen LogP contribution in [0.5, 0.6) is 0 Å². The quantitative estimate of drug-likeness (QED) is 0.399. The summed E-state index contributed by atoms with van der Waals surface area (Å²) >= 11 is 0. The van der Waals surface area contributed by atoms with Crippen molar-refractivity contribution in [3.05, 3.63) is 59.4 Å². The first-order chi connectivity index (χ1) is 15.9. The van der Waals surface area contributed by atoms with Crippen LogP contribution in [0.4, 0.5) is 20.4 Å². The van der Waals surface area contributed by atoms with Crippen LogP contribution < -0.4 is 5.32 Å². The Morgan fingerprint density at radius 3 is 2.59 bits per heavy atom. The molecule has 2 N–H and O–H groups in total. The fourth-order valence-corrected chi connectivity index (χ4v) is 3.49. The minimum absolute atomic E-state index is 0.237. The third-order valence-corrected chi connectivity index (χ3v) is 6.13. The highest BCUT2D eigenvalue weighted by Crippen LogP contribution is 2.51. The molecule has 0 saturated heterocycles. The maximum absolute atomic E-state index is 14.6. The fourth-order valence-electron chi connectivity index (χ4n) is 3.49. The molecule has 1 saturated carbocycles. The molecule has 1 heterocycles. The summed E-state index contributed by atoms with van der Waals surface area (Å²) in [6.07, 6.45) is 2.76. The summed E-state index contributed by atoms with van der Waals surface area (Å²) in [5, 5.41) is 22.6. The van der Waals surface area contributed by atoms with Crippen molar-refractivity contribution in [1.82, 2.24) is 9.97 Å². The van der Waals surface area contributed by atoms with Gasteiger partial charge in [-0.25, -0.2) is 9.97 Å². The zero-order chi connectivity index (χ0) is 25.3. The van der Waals surface area contributed by atoms with Crippen molar-refractivity contribution >= 4 is 17.5 Å². The molecule has 0 aliphatic heterocycles.